The van der Waals surface area contributed by atoms with E-state index in [1.807, 2.05) is 37.3 Å². The average Bonchev–Trinajstić information content (AvgIpc) is 2.72. The Morgan fingerprint density at radius 3 is 2.67 bits per heavy atom. The van der Waals surface area contributed by atoms with E-state index in [2.05, 4.69) is 73.1 Å². The topological polar surface area (TPSA) is 80.3 Å². The van der Waals surface area contributed by atoms with Gasteiger partial charge in [0.1, 0.15) is 17.6 Å². The molecule has 0 spiro atoms. The van der Waals surface area contributed by atoms with Gasteiger partial charge in [0, 0.05) is 10.4 Å². The maximum absolute atomic E-state index is 13.2. The van der Waals surface area contributed by atoms with E-state index >= 15 is 0 Å². The molecule has 3 aromatic rings. The van der Waals surface area contributed by atoms with E-state index in [1.165, 1.54) is 4.68 Å². The Kier molecular flexibility index (Phi) is 7.86. The lowest BCUT2D eigenvalue weighted by Gasteiger charge is -2.14. The molecule has 3 rings (SSSR count). The molecule has 9 heteroatoms. The minimum atomic E-state index is -0.203. The number of halogens is 3. The summed E-state index contributed by atoms with van der Waals surface area (Å²) in [6.45, 7) is 4.08. The minimum absolute atomic E-state index is 0.00851. The Labute approximate surface area is 209 Å². The molecule has 1 heterocycles. The van der Waals surface area contributed by atoms with Crippen molar-refractivity contribution < 1.29 is 4.74 Å². The van der Waals surface area contributed by atoms with Crippen molar-refractivity contribution in [2.24, 2.45) is 5.10 Å². The number of rotatable bonds is 6. The van der Waals surface area contributed by atoms with Crippen LogP contribution in [-0.2, 0) is 0 Å². The lowest BCUT2D eigenvalue weighted by atomic mass is 10.1. The molecular formula is C21H17BrI2N4O2. The number of hydrogen-bond donors (Lipinski definition) is 0. The number of ether oxygens (including phenoxy) is 1. The van der Waals surface area contributed by atoms with E-state index in [-0.39, 0.29) is 18.1 Å². The molecule has 0 saturated heterocycles. The van der Waals surface area contributed by atoms with Gasteiger partial charge in [0.05, 0.1) is 24.3 Å². The Morgan fingerprint density at radius 2 is 2.03 bits per heavy atom. The summed E-state index contributed by atoms with van der Waals surface area (Å²) in [6.07, 6.45) is 2.49. The van der Waals surface area contributed by atoms with Gasteiger partial charge in [0.2, 0.25) is 0 Å². The second-order valence-corrected chi connectivity index (χ2v) is 9.80. The first-order valence-corrected chi connectivity index (χ1v) is 12.1. The van der Waals surface area contributed by atoms with Crippen molar-refractivity contribution in [1.82, 2.24) is 9.66 Å². The molecule has 0 bridgehead atoms. The van der Waals surface area contributed by atoms with Crippen LogP contribution in [0.3, 0.4) is 0 Å². The summed E-state index contributed by atoms with van der Waals surface area (Å²) in [4.78, 5) is 17.9. The predicted octanol–water partition coefficient (Wildman–Crippen LogP) is 5.67. The molecule has 2 aromatic carbocycles. The smallest absolute Gasteiger partial charge is 0.282 e. The lowest BCUT2D eigenvalue weighted by molar-refractivity contribution is 0.363. The molecule has 0 aliphatic rings. The monoisotopic (exact) mass is 690 g/mol. The largest absolute Gasteiger partial charge is 0.477 e. The van der Waals surface area contributed by atoms with Crippen LogP contribution < -0.4 is 10.3 Å². The maximum Gasteiger partial charge on any atom is 0.282 e. The van der Waals surface area contributed by atoms with Gasteiger partial charge < -0.3 is 4.74 Å². The first-order valence-electron chi connectivity index (χ1n) is 9.11. The van der Waals surface area contributed by atoms with Crippen LogP contribution in [0.2, 0.25) is 0 Å². The van der Waals surface area contributed by atoms with Crippen molar-refractivity contribution in [3.05, 3.63) is 63.7 Å². The van der Waals surface area contributed by atoms with Gasteiger partial charge in [-0.3, -0.25) is 4.79 Å². The molecule has 0 aliphatic carbocycles. The van der Waals surface area contributed by atoms with Crippen LogP contribution in [0.25, 0.3) is 10.9 Å². The summed E-state index contributed by atoms with van der Waals surface area (Å²) in [7, 11) is 0. The minimum Gasteiger partial charge on any atom is -0.477 e. The van der Waals surface area contributed by atoms with E-state index in [9.17, 15) is 4.79 Å². The van der Waals surface area contributed by atoms with Crippen molar-refractivity contribution in [3.63, 3.8) is 0 Å². The van der Waals surface area contributed by atoms with Gasteiger partial charge in [-0.05, 0) is 87.5 Å². The molecular weight excluding hydrogens is 674 g/mol. The average molecular weight is 691 g/mol. The summed E-state index contributed by atoms with van der Waals surface area (Å²) in [5.74, 6) is 1.38. The Hall–Kier alpha value is -1.52. The van der Waals surface area contributed by atoms with Crippen molar-refractivity contribution >= 4 is 78.2 Å². The summed E-state index contributed by atoms with van der Waals surface area (Å²) in [6, 6.07) is 11.3. The van der Waals surface area contributed by atoms with Crippen LogP contribution in [0.5, 0.6) is 5.75 Å². The molecule has 0 amide bonds. The number of hydrogen-bond acceptors (Lipinski definition) is 5. The Bertz CT molecular complexity index is 1210. The third-order valence-electron chi connectivity index (χ3n) is 4.51. The van der Waals surface area contributed by atoms with Gasteiger partial charge in [-0.1, -0.05) is 29.8 Å². The Morgan fingerprint density at radius 1 is 1.33 bits per heavy atom. The first kappa shape index (κ1) is 23.1. The summed E-state index contributed by atoms with van der Waals surface area (Å²) >= 11 is 7.75. The number of nitriles is 1. The van der Waals surface area contributed by atoms with E-state index in [0.29, 0.717) is 22.5 Å². The molecule has 0 saturated carbocycles. The SMILES string of the molecule is CC[C@@H](C)c1nc2ccc(Br)cc2c(=O)n1N=Cc1cc(I)c(OCC#N)c(I)c1. The highest BCUT2D eigenvalue weighted by molar-refractivity contribution is 14.1. The van der Waals surface area contributed by atoms with Gasteiger partial charge in [-0.2, -0.15) is 15.0 Å². The van der Waals surface area contributed by atoms with Crippen LogP contribution in [0.15, 0.2) is 44.7 Å². The van der Waals surface area contributed by atoms with Crippen molar-refractivity contribution in [1.29, 1.82) is 5.26 Å². The molecule has 6 nitrogen and oxygen atoms in total. The van der Waals surface area contributed by atoms with E-state index in [4.69, 9.17) is 15.0 Å². The summed E-state index contributed by atoms with van der Waals surface area (Å²) in [5, 5.41) is 13.8. The lowest BCUT2D eigenvalue weighted by Crippen LogP contribution is -2.23. The van der Waals surface area contributed by atoms with Crippen LogP contribution in [0, 0.1) is 18.5 Å². The molecule has 1 aromatic heterocycles. The zero-order chi connectivity index (χ0) is 21.8. The van der Waals surface area contributed by atoms with Crippen LogP contribution in [0.1, 0.15) is 37.6 Å². The van der Waals surface area contributed by atoms with E-state index in [1.54, 1.807) is 12.3 Å². The predicted molar refractivity (Wildman–Crippen MR) is 138 cm³/mol. The fourth-order valence-electron chi connectivity index (χ4n) is 2.80. The van der Waals surface area contributed by atoms with Crippen molar-refractivity contribution in [2.75, 3.05) is 6.61 Å². The standard InChI is InChI=1S/C21H17BrI2N4O2/c1-3-12(2)20-27-18-5-4-14(22)10-15(18)21(29)28(20)26-11-13-8-16(23)19(17(24)9-13)30-7-6-25/h4-5,8-12H,3,7H2,1-2H3/t12-/m1/s1. The summed E-state index contributed by atoms with van der Waals surface area (Å²) in [5.41, 5.74) is 1.28. The second kappa shape index (κ2) is 10.2. The second-order valence-electron chi connectivity index (χ2n) is 6.56. The quantitative estimate of drug-likeness (QED) is 0.247. The molecule has 0 aliphatic heterocycles. The Balaban J connectivity index is 2.10. The molecule has 30 heavy (non-hydrogen) atoms. The number of fused-ring (bicyclic) bond motifs is 1. The van der Waals surface area contributed by atoms with Crippen molar-refractivity contribution in [3.8, 4) is 11.8 Å². The van der Waals surface area contributed by atoms with Crippen LogP contribution in [0.4, 0.5) is 0 Å². The molecule has 0 fully saturated rings. The third kappa shape index (κ3) is 5.03. The van der Waals surface area contributed by atoms with E-state index < -0.39 is 0 Å². The fourth-order valence-corrected chi connectivity index (χ4v) is 5.29. The van der Waals surface area contributed by atoms with Gasteiger partial charge >= 0.3 is 0 Å². The highest BCUT2D eigenvalue weighted by atomic mass is 127. The zero-order valence-corrected chi connectivity index (χ0v) is 22.1. The van der Waals surface area contributed by atoms with Gasteiger partial charge in [0.25, 0.3) is 5.56 Å². The van der Waals surface area contributed by atoms with Gasteiger partial charge in [-0.25, -0.2) is 4.98 Å². The normalized spacial score (nSPS) is 12.3. The first-order chi connectivity index (χ1) is 14.3. The molecule has 154 valence electrons. The molecule has 1 atom stereocenters. The maximum atomic E-state index is 13.2. The van der Waals surface area contributed by atoms with Crippen LogP contribution in [-0.4, -0.2) is 22.5 Å². The highest BCUT2D eigenvalue weighted by Crippen LogP contribution is 2.28. The summed E-state index contributed by atoms with van der Waals surface area (Å²) < 4.78 is 9.43. The third-order valence-corrected chi connectivity index (χ3v) is 6.61. The fraction of sp³-hybridized carbons (Fsp3) is 0.238. The zero-order valence-electron chi connectivity index (χ0n) is 16.2. The number of nitrogens with zero attached hydrogens (tertiary/aromatic N) is 4. The molecule has 0 unspecified atom stereocenters. The highest BCUT2D eigenvalue weighted by Gasteiger charge is 2.16. The van der Waals surface area contributed by atoms with Crippen LogP contribution >= 0.6 is 61.1 Å². The molecule has 0 N–H and O–H groups in total. The van der Waals surface area contributed by atoms with E-state index in [0.717, 1.165) is 23.6 Å². The number of benzene rings is 2. The van der Waals surface area contributed by atoms with Gasteiger partial charge in [0.15, 0.2) is 6.61 Å². The van der Waals surface area contributed by atoms with Gasteiger partial charge in [-0.15, -0.1) is 0 Å². The molecule has 0 radical (unpaired) electrons. The number of aromatic nitrogens is 2. The van der Waals surface area contributed by atoms with Crippen molar-refractivity contribution in [2.45, 2.75) is 26.2 Å².